The first-order chi connectivity index (χ1) is 8.91. The predicted octanol–water partition coefficient (Wildman–Crippen LogP) is 4.91. The molecule has 0 spiro atoms. The highest BCUT2D eigenvalue weighted by molar-refractivity contribution is 6.17. The Morgan fingerprint density at radius 2 is 1.50 bits per heavy atom. The van der Waals surface area contributed by atoms with Crippen LogP contribution in [0.25, 0.3) is 0 Å². The van der Waals surface area contributed by atoms with Gasteiger partial charge < -0.3 is 9.47 Å². The van der Waals surface area contributed by atoms with Crippen molar-refractivity contribution in [3.63, 3.8) is 0 Å². The fraction of sp³-hybridized carbons (Fsp3) is 0.867. The Morgan fingerprint density at radius 3 is 2.28 bits per heavy atom. The van der Waals surface area contributed by atoms with Crippen molar-refractivity contribution in [2.75, 3.05) is 25.9 Å². The van der Waals surface area contributed by atoms with Crippen LogP contribution < -0.4 is 0 Å². The standard InChI is InChI=1S/C15H29ClO2/c1-2-3-4-5-7-10-13-17-15-18-14-11-8-6-9-12-16/h6,8H,2-5,7,9-15H2,1H3/b8-6-. The molecule has 0 aliphatic carbocycles. The minimum absolute atomic E-state index is 0.429. The van der Waals surface area contributed by atoms with Crippen molar-refractivity contribution in [2.45, 2.75) is 58.3 Å². The predicted molar refractivity (Wildman–Crippen MR) is 79.2 cm³/mol. The second-order valence-electron chi connectivity index (χ2n) is 4.44. The zero-order valence-electron chi connectivity index (χ0n) is 11.8. The maximum absolute atomic E-state index is 5.55. The van der Waals surface area contributed by atoms with Gasteiger partial charge in [0.15, 0.2) is 0 Å². The minimum Gasteiger partial charge on any atom is -0.355 e. The number of rotatable bonds is 14. The first-order valence-electron chi connectivity index (χ1n) is 7.28. The molecule has 0 amide bonds. The first-order valence-corrected chi connectivity index (χ1v) is 7.81. The zero-order valence-corrected chi connectivity index (χ0v) is 12.6. The van der Waals surface area contributed by atoms with E-state index in [1.807, 2.05) is 0 Å². The third-order valence-corrected chi connectivity index (χ3v) is 2.90. The molecule has 0 saturated heterocycles. The highest BCUT2D eigenvalue weighted by Gasteiger charge is 1.91. The summed E-state index contributed by atoms with van der Waals surface area (Å²) in [5.41, 5.74) is 0. The average Bonchev–Trinajstić information content (AvgIpc) is 2.39. The van der Waals surface area contributed by atoms with Gasteiger partial charge in [0, 0.05) is 12.5 Å². The van der Waals surface area contributed by atoms with Gasteiger partial charge in [0.05, 0.1) is 6.61 Å². The van der Waals surface area contributed by atoms with Crippen LogP contribution in [0.1, 0.15) is 58.3 Å². The molecule has 0 rings (SSSR count). The quantitative estimate of drug-likeness (QED) is 0.194. The van der Waals surface area contributed by atoms with Crippen LogP contribution in [0, 0.1) is 0 Å². The lowest BCUT2D eigenvalue weighted by Crippen LogP contribution is -2.02. The summed E-state index contributed by atoms with van der Waals surface area (Å²) in [6.45, 7) is 4.23. The molecule has 0 bridgehead atoms. The van der Waals surface area contributed by atoms with Gasteiger partial charge in [-0.25, -0.2) is 0 Å². The lowest BCUT2D eigenvalue weighted by Gasteiger charge is -2.04. The molecule has 0 aliphatic heterocycles. The Kier molecular flexibility index (Phi) is 16.9. The van der Waals surface area contributed by atoms with Crippen molar-refractivity contribution in [1.82, 2.24) is 0 Å². The minimum atomic E-state index is 0.429. The van der Waals surface area contributed by atoms with Crippen molar-refractivity contribution in [3.05, 3.63) is 12.2 Å². The Balaban J connectivity index is 2.94. The molecule has 0 aromatic heterocycles. The normalized spacial score (nSPS) is 11.4. The molecule has 108 valence electrons. The van der Waals surface area contributed by atoms with E-state index in [1.165, 1.54) is 32.1 Å². The second kappa shape index (κ2) is 16.9. The van der Waals surface area contributed by atoms with Crippen LogP contribution in [0.2, 0.25) is 0 Å². The third kappa shape index (κ3) is 16.0. The van der Waals surface area contributed by atoms with Gasteiger partial charge in [-0.3, -0.25) is 0 Å². The summed E-state index contributed by atoms with van der Waals surface area (Å²) in [6.07, 6.45) is 13.9. The molecule has 0 aromatic rings. The van der Waals surface area contributed by atoms with Gasteiger partial charge in [-0.05, 0) is 19.3 Å². The van der Waals surface area contributed by atoms with Gasteiger partial charge in [-0.2, -0.15) is 0 Å². The van der Waals surface area contributed by atoms with Crippen LogP contribution in [-0.2, 0) is 9.47 Å². The largest absolute Gasteiger partial charge is 0.355 e. The molecule has 0 unspecified atom stereocenters. The van der Waals surface area contributed by atoms with Gasteiger partial charge in [-0.15, -0.1) is 11.6 Å². The van der Waals surface area contributed by atoms with Crippen LogP contribution in [0.5, 0.6) is 0 Å². The van der Waals surface area contributed by atoms with Gasteiger partial charge >= 0.3 is 0 Å². The Morgan fingerprint density at radius 1 is 0.833 bits per heavy atom. The molecule has 0 atom stereocenters. The van der Waals surface area contributed by atoms with E-state index in [-0.39, 0.29) is 0 Å². The SMILES string of the molecule is CCCCCCCCOCOCC/C=C\CCCl. The van der Waals surface area contributed by atoms with E-state index in [9.17, 15) is 0 Å². The van der Waals surface area contributed by atoms with E-state index in [4.69, 9.17) is 21.1 Å². The number of ether oxygens (including phenoxy) is 2. The zero-order chi connectivity index (χ0) is 13.3. The van der Waals surface area contributed by atoms with E-state index >= 15 is 0 Å². The smallest absolute Gasteiger partial charge is 0.146 e. The number of halogens is 1. The summed E-state index contributed by atoms with van der Waals surface area (Å²) in [5, 5.41) is 0. The number of hydrogen-bond acceptors (Lipinski definition) is 2. The molecular formula is C15H29ClO2. The Labute approximate surface area is 118 Å². The van der Waals surface area contributed by atoms with Gasteiger partial charge in [0.1, 0.15) is 6.79 Å². The van der Waals surface area contributed by atoms with E-state index in [1.54, 1.807) is 0 Å². The molecule has 18 heavy (non-hydrogen) atoms. The highest BCUT2D eigenvalue weighted by atomic mass is 35.5. The topological polar surface area (TPSA) is 18.5 Å². The molecule has 0 heterocycles. The van der Waals surface area contributed by atoms with Crippen LogP contribution >= 0.6 is 11.6 Å². The fourth-order valence-electron chi connectivity index (χ4n) is 1.61. The van der Waals surface area contributed by atoms with Crippen LogP contribution in [-0.4, -0.2) is 25.9 Å². The highest BCUT2D eigenvalue weighted by Crippen LogP contribution is 2.04. The fourth-order valence-corrected chi connectivity index (χ4v) is 1.74. The summed E-state index contributed by atoms with van der Waals surface area (Å²) >= 11 is 5.55. The third-order valence-electron chi connectivity index (χ3n) is 2.68. The molecule has 2 nitrogen and oxygen atoms in total. The monoisotopic (exact) mass is 276 g/mol. The molecule has 0 saturated carbocycles. The Hall–Kier alpha value is -0.0500. The lowest BCUT2D eigenvalue weighted by atomic mass is 10.1. The summed E-state index contributed by atoms with van der Waals surface area (Å²) in [6, 6.07) is 0. The van der Waals surface area contributed by atoms with E-state index in [0.717, 1.165) is 32.5 Å². The summed E-state index contributed by atoms with van der Waals surface area (Å²) in [4.78, 5) is 0. The van der Waals surface area contributed by atoms with Crippen molar-refractivity contribution in [3.8, 4) is 0 Å². The van der Waals surface area contributed by atoms with Crippen molar-refractivity contribution < 1.29 is 9.47 Å². The first kappa shape index (κ1) is 17.9. The summed E-state index contributed by atoms with van der Waals surface area (Å²) in [7, 11) is 0. The lowest BCUT2D eigenvalue weighted by molar-refractivity contribution is -0.0531. The molecule has 0 radical (unpaired) electrons. The molecule has 0 fully saturated rings. The summed E-state index contributed by atoms with van der Waals surface area (Å²) in [5.74, 6) is 0.693. The van der Waals surface area contributed by atoms with E-state index in [2.05, 4.69) is 19.1 Å². The van der Waals surface area contributed by atoms with Crippen LogP contribution in [0.3, 0.4) is 0 Å². The van der Waals surface area contributed by atoms with E-state index < -0.39 is 0 Å². The van der Waals surface area contributed by atoms with Crippen molar-refractivity contribution in [1.29, 1.82) is 0 Å². The number of alkyl halides is 1. The summed E-state index contributed by atoms with van der Waals surface area (Å²) < 4.78 is 10.8. The van der Waals surface area contributed by atoms with Crippen molar-refractivity contribution >= 4 is 11.6 Å². The molecule has 0 aromatic carbocycles. The number of allylic oxidation sites excluding steroid dienone is 1. The van der Waals surface area contributed by atoms with E-state index in [0.29, 0.717) is 12.7 Å². The van der Waals surface area contributed by atoms with Crippen LogP contribution in [0.4, 0.5) is 0 Å². The maximum Gasteiger partial charge on any atom is 0.146 e. The molecule has 0 aliphatic rings. The van der Waals surface area contributed by atoms with Gasteiger partial charge in [0.2, 0.25) is 0 Å². The molecule has 3 heteroatoms. The second-order valence-corrected chi connectivity index (χ2v) is 4.82. The van der Waals surface area contributed by atoms with Gasteiger partial charge in [-0.1, -0.05) is 51.2 Å². The number of unbranched alkanes of at least 4 members (excludes halogenated alkanes) is 5. The van der Waals surface area contributed by atoms with Gasteiger partial charge in [0.25, 0.3) is 0 Å². The number of hydrogen-bond donors (Lipinski definition) is 0. The maximum atomic E-state index is 5.55. The Bertz CT molecular complexity index is 172. The molecular weight excluding hydrogens is 248 g/mol. The average molecular weight is 277 g/mol. The molecule has 0 N–H and O–H groups in total. The van der Waals surface area contributed by atoms with Crippen molar-refractivity contribution in [2.24, 2.45) is 0 Å². The van der Waals surface area contributed by atoms with Crippen LogP contribution in [0.15, 0.2) is 12.2 Å².